The van der Waals surface area contributed by atoms with Gasteiger partial charge in [0.25, 0.3) is 0 Å². The number of esters is 1. The van der Waals surface area contributed by atoms with E-state index >= 15 is 0 Å². The fraction of sp³-hybridized carbons (Fsp3) is 0.714. The van der Waals surface area contributed by atoms with Crippen LogP contribution in [0.5, 0.6) is 0 Å². The van der Waals surface area contributed by atoms with E-state index in [1.54, 1.807) is 0 Å². The Kier molecular flexibility index (Phi) is 28.1. The van der Waals surface area contributed by atoms with Gasteiger partial charge < -0.3 is 25.6 Å². The molecular weight excluding hydrogens is 560 g/mol. The van der Waals surface area contributed by atoms with Crippen LogP contribution in [0.1, 0.15) is 136 Å². The van der Waals surface area contributed by atoms with Gasteiger partial charge in [0, 0.05) is 12.8 Å². The van der Waals surface area contributed by atoms with E-state index in [0.717, 1.165) is 44.9 Å². The Morgan fingerprint density at radius 1 is 0.705 bits per heavy atom. The summed E-state index contributed by atoms with van der Waals surface area (Å²) in [5.41, 5.74) is 0. The molecule has 0 aliphatic rings. The van der Waals surface area contributed by atoms with E-state index in [1.165, 1.54) is 57.8 Å². The number of aliphatic hydroxyl groups excluding tert-OH is 1. The van der Waals surface area contributed by atoms with Crippen molar-refractivity contribution in [1.82, 2.24) is 10.6 Å². The molecule has 44 heavy (non-hydrogen) atoms. The minimum absolute atomic E-state index is 0.168. The number of unbranched alkanes of at least 4 members (excludes halogenated alkanes) is 13. The Balaban J connectivity index is 4.27. The van der Waals surface area contributed by atoms with Crippen LogP contribution in [0.2, 0.25) is 0 Å². The lowest BCUT2D eigenvalue weighted by molar-refractivity contribution is -0.145. The third-order valence-corrected chi connectivity index (χ3v) is 7.11. The van der Waals surface area contributed by atoms with Crippen molar-refractivity contribution in [3.05, 3.63) is 36.5 Å². The van der Waals surface area contributed by atoms with Crippen molar-refractivity contribution in [2.24, 2.45) is 0 Å². The van der Waals surface area contributed by atoms with Gasteiger partial charge in [-0.05, 0) is 50.7 Å². The van der Waals surface area contributed by atoms with E-state index in [2.05, 4.69) is 36.6 Å². The van der Waals surface area contributed by atoms with Crippen molar-refractivity contribution in [1.29, 1.82) is 0 Å². The van der Waals surface area contributed by atoms with Crippen LogP contribution < -0.4 is 10.6 Å². The standard InChI is InChI=1S/C35H60N2O7/c1-3-5-7-9-10-11-12-13-14-19-23-27-34(41)44-30(24-20-16-8-6-4-2)25-21-17-15-18-22-26-32(39)36-28-33(40)37-31(29-38)35(42)43/h6,8,20-21,24-25,30-31,38H,3-5,7,9-19,22-23,26-29H2,1-2H3,(H,36,39)(H,37,40)(H,42,43)/b8-6-,24-20-,25-21-. The summed E-state index contributed by atoms with van der Waals surface area (Å²) in [7, 11) is 0. The molecule has 0 aromatic heterocycles. The number of nitrogens with one attached hydrogen (secondary N) is 2. The molecule has 0 fully saturated rings. The molecule has 0 rings (SSSR count). The minimum Gasteiger partial charge on any atom is -0.480 e. The average molecular weight is 621 g/mol. The molecule has 9 nitrogen and oxygen atoms in total. The molecule has 252 valence electrons. The molecule has 0 bridgehead atoms. The van der Waals surface area contributed by atoms with Gasteiger partial charge in [-0.1, -0.05) is 109 Å². The van der Waals surface area contributed by atoms with Crippen molar-refractivity contribution in [3.8, 4) is 0 Å². The Labute approximate surface area is 266 Å². The van der Waals surface area contributed by atoms with Crippen LogP contribution in [-0.4, -0.2) is 59.3 Å². The first kappa shape index (κ1) is 41.1. The van der Waals surface area contributed by atoms with Gasteiger partial charge in [-0.15, -0.1) is 0 Å². The van der Waals surface area contributed by atoms with Crippen molar-refractivity contribution < 1.29 is 34.1 Å². The van der Waals surface area contributed by atoms with Gasteiger partial charge in [-0.2, -0.15) is 0 Å². The number of ether oxygens (including phenoxy) is 1. The molecule has 0 aromatic rings. The third-order valence-electron chi connectivity index (χ3n) is 7.11. The van der Waals surface area contributed by atoms with E-state index in [0.29, 0.717) is 12.8 Å². The lowest BCUT2D eigenvalue weighted by Crippen LogP contribution is -2.47. The number of carbonyl (C=O) groups excluding carboxylic acids is 3. The van der Waals surface area contributed by atoms with Crippen molar-refractivity contribution in [2.75, 3.05) is 13.2 Å². The lowest BCUT2D eigenvalue weighted by Gasteiger charge is -2.12. The summed E-state index contributed by atoms with van der Waals surface area (Å²) >= 11 is 0. The number of hydrogen-bond acceptors (Lipinski definition) is 6. The van der Waals surface area contributed by atoms with Gasteiger partial charge in [-0.25, -0.2) is 4.79 Å². The number of carboxylic acid groups (broad SMARTS) is 1. The summed E-state index contributed by atoms with van der Waals surface area (Å²) in [5, 5.41) is 22.4. The maximum atomic E-state index is 12.5. The molecule has 4 N–H and O–H groups in total. The molecule has 0 aliphatic carbocycles. The van der Waals surface area contributed by atoms with Gasteiger partial charge in [0.2, 0.25) is 11.8 Å². The Morgan fingerprint density at radius 2 is 1.30 bits per heavy atom. The van der Waals surface area contributed by atoms with E-state index in [9.17, 15) is 19.2 Å². The normalized spacial score (nSPS) is 13.0. The number of hydrogen-bond donors (Lipinski definition) is 4. The predicted molar refractivity (Wildman–Crippen MR) is 176 cm³/mol. The zero-order valence-electron chi connectivity index (χ0n) is 27.4. The molecule has 0 radical (unpaired) electrons. The number of allylic oxidation sites excluding steroid dienone is 4. The highest BCUT2D eigenvalue weighted by Crippen LogP contribution is 2.13. The largest absolute Gasteiger partial charge is 0.480 e. The Morgan fingerprint density at radius 3 is 1.91 bits per heavy atom. The van der Waals surface area contributed by atoms with Gasteiger partial charge >= 0.3 is 11.9 Å². The van der Waals surface area contributed by atoms with E-state index in [4.69, 9.17) is 14.9 Å². The van der Waals surface area contributed by atoms with Crippen LogP contribution in [0, 0.1) is 0 Å². The summed E-state index contributed by atoms with van der Waals surface area (Å²) in [5.74, 6) is -2.47. The van der Waals surface area contributed by atoms with Crippen molar-refractivity contribution in [3.63, 3.8) is 0 Å². The Bertz CT molecular complexity index is 854. The zero-order valence-corrected chi connectivity index (χ0v) is 27.4. The number of rotatable bonds is 29. The summed E-state index contributed by atoms with van der Waals surface area (Å²) in [6, 6.07) is -1.39. The third kappa shape index (κ3) is 26.7. The van der Waals surface area contributed by atoms with Crippen LogP contribution in [0.25, 0.3) is 0 Å². The number of aliphatic carboxylic acids is 1. The summed E-state index contributed by atoms with van der Waals surface area (Å²) in [6.07, 6.45) is 30.9. The first-order valence-corrected chi connectivity index (χ1v) is 16.9. The SMILES string of the molecule is CC/C=C\C/C=C\C(/C=C\CCCCCC(=O)NCC(=O)NC(CO)C(=O)O)OC(=O)CCCCCCCCCCCCC. The van der Waals surface area contributed by atoms with Gasteiger partial charge in [0.1, 0.15) is 12.1 Å². The number of carboxylic acids is 1. The fourth-order valence-corrected chi connectivity index (χ4v) is 4.49. The van der Waals surface area contributed by atoms with Crippen LogP contribution in [0.4, 0.5) is 0 Å². The number of aliphatic hydroxyl groups is 1. The number of carbonyl (C=O) groups is 4. The first-order valence-electron chi connectivity index (χ1n) is 16.9. The summed E-state index contributed by atoms with van der Waals surface area (Å²) < 4.78 is 5.73. The molecule has 0 saturated carbocycles. The smallest absolute Gasteiger partial charge is 0.328 e. The second-order valence-corrected chi connectivity index (χ2v) is 11.2. The predicted octanol–water partition coefficient (Wildman–Crippen LogP) is 6.70. The van der Waals surface area contributed by atoms with Crippen molar-refractivity contribution in [2.45, 2.75) is 148 Å². The number of amides is 2. The van der Waals surface area contributed by atoms with Crippen LogP contribution >= 0.6 is 0 Å². The van der Waals surface area contributed by atoms with E-state index in [-0.39, 0.29) is 24.8 Å². The second-order valence-electron chi connectivity index (χ2n) is 11.2. The first-order chi connectivity index (χ1) is 21.3. The molecule has 2 amide bonds. The van der Waals surface area contributed by atoms with E-state index in [1.807, 2.05) is 24.3 Å². The Hall–Kier alpha value is -2.94. The monoisotopic (exact) mass is 620 g/mol. The van der Waals surface area contributed by atoms with Gasteiger partial charge in [-0.3, -0.25) is 14.4 Å². The van der Waals surface area contributed by atoms with Gasteiger partial charge in [0.15, 0.2) is 0 Å². The second kappa shape index (κ2) is 30.1. The molecule has 2 unspecified atom stereocenters. The maximum Gasteiger partial charge on any atom is 0.328 e. The quantitative estimate of drug-likeness (QED) is 0.0414. The summed E-state index contributed by atoms with van der Waals surface area (Å²) in [6.45, 7) is 3.27. The highest BCUT2D eigenvalue weighted by Gasteiger charge is 2.18. The lowest BCUT2D eigenvalue weighted by atomic mass is 10.1. The molecule has 2 atom stereocenters. The molecule has 0 heterocycles. The fourth-order valence-electron chi connectivity index (χ4n) is 4.49. The van der Waals surface area contributed by atoms with Crippen LogP contribution in [0.15, 0.2) is 36.5 Å². The molecule has 0 spiro atoms. The van der Waals surface area contributed by atoms with Gasteiger partial charge in [0.05, 0.1) is 13.2 Å². The molecule has 9 heteroatoms. The highest BCUT2D eigenvalue weighted by atomic mass is 16.5. The minimum atomic E-state index is -1.39. The van der Waals surface area contributed by atoms with Crippen LogP contribution in [-0.2, 0) is 23.9 Å². The molecule has 0 aliphatic heterocycles. The van der Waals surface area contributed by atoms with E-state index < -0.39 is 30.6 Å². The molecule has 0 saturated heterocycles. The topological polar surface area (TPSA) is 142 Å². The highest BCUT2D eigenvalue weighted by molar-refractivity contribution is 5.87. The van der Waals surface area contributed by atoms with Crippen LogP contribution in [0.3, 0.4) is 0 Å². The maximum absolute atomic E-state index is 12.5. The summed E-state index contributed by atoms with van der Waals surface area (Å²) in [4.78, 5) is 47.0. The molecule has 0 aromatic carbocycles. The zero-order chi connectivity index (χ0) is 32.7. The van der Waals surface area contributed by atoms with Crippen molar-refractivity contribution >= 4 is 23.8 Å². The average Bonchev–Trinajstić information content (AvgIpc) is 3.00. The molecular formula is C35H60N2O7.